The van der Waals surface area contributed by atoms with Crippen LogP contribution in [0.25, 0.3) is 10.9 Å². The van der Waals surface area contributed by atoms with Crippen molar-refractivity contribution in [3.63, 3.8) is 0 Å². The molecule has 2 N–H and O–H groups in total. The van der Waals surface area contributed by atoms with Gasteiger partial charge in [0.2, 0.25) is 11.8 Å². The van der Waals surface area contributed by atoms with Gasteiger partial charge in [0.1, 0.15) is 12.6 Å². The van der Waals surface area contributed by atoms with Crippen LogP contribution < -0.4 is 10.6 Å². The number of hydrogen-bond donors (Lipinski definition) is 2. The summed E-state index contributed by atoms with van der Waals surface area (Å²) in [6, 6.07) is 7.64. The summed E-state index contributed by atoms with van der Waals surface area (Å²) in [5, 5.41) is 11.6. The van der Waals surface area contributed by atoms with Crippen LogP contribution in [0, 0.1) is 0 Å². The molecule has 1 saturated heterocycles. The standard InChI is InChI=1S/C17H21N5O2/c23-16(11-21-10-12-3-1-2-4-14(12)20-21)22-8-7-18-9-15(22)17(24)19-13-5-6-13/h1-4,10,13,15,18H,5-9,11H2,(H,19,24)/t15-/m0/s1. The summed E-state index contributed by atoms with van der Waals surface area (Å²) >= 11 is 0. The highest BCUT2D eigenvalue weighted by molar-refractivity contribution is 5.88. The largest absolute Gasteiger partial charge is 0.352 e. The summed E-state index contributed by atoms with van der Waals surface area (Å²) in [7, 11) is 0. The predicted molar refractivity (Wildman–Crippen MR) is 89.3 cm³/mol. The van der Waals surface area contributed by atoms with Crippen molar-refractivity contribution in [2.24, 2.45) is 0 Å². The molecule has 2 heterocycles. The number of hydrogen-bond acceptors (Lipinski definition) is 4. The third kappa shape index (κ3) is 3.12. The van der Waals surface area contributed by atoms with Crippen molar-refractivity contribution < 1.29 is 9.59 Å². The molecule has 1 aromatic carbocycles. The van der Waals surface area contributed by atoms with Gasteiger partial charge in [-0.2, -0.15) is 5.10 Å². The van der Waals surface area contributed by atoms with Crippen LogP contribution in [0.5, 0.6) is 0 Å². The number of carbonyl (C=O) groups excluding carboxylic acids is 2. The maximum Gasteiger partial charge on any atom is 0.245 e. The number of piperazine rings is 1. The van der Waals surface area contributed by atoms with E-state index in [2.05, 4.69) is 15.7 Å². The fourth-order valence-electron chi connectivity index (χ4n) is 3.09. The summed E-state index contributed by atoms with van der Waals surface area (Å²) in [5.74, 6) is -0.121. The number of aromatic nitrogens is 2. The van der Waals surface area contributed by atoms with E-state index in [1.165, 1.54) is 0 Å². The van der Waals surface area contributed by atoms with Gasteiger partial charge >= 0.3 is 0 Å². The first-order chi connectivity index (χ1) is 11.7. The van der Waals surface area contributed by atoms with E-state index in [1.54, 1.807) is 9.58 Å². The zero-order valence-electron chi connectivity index (χ0n) is 13.4. The summed E-state index contributed by atoms with van der Waals surface area (Å²) in [5.41, 5.74) is 0.869. The van der Waals surface area contributed by atoms with E-state index in [-0.39, 0.29) is 18.4 Å². The predicted octanol–water partition coefficient (Wildman–Crippen LogP) is 0.115. The molecule has 0 radical (unpaired) electrons. The zero-order valence-corrected chi connectivity index (χ0v) is 13.4. The lowest BCUT2D eigenvalue weighted by molar-refractivity contribution is -0.142. The van der Waals surface area contributed by atoms with E-state index in [1.807, 2.05) is 30.5 Å². The van der Waals surface area contributed by atoms with Crippen LogP contribution in [0.1, 0.15) is 12.8 Å². The van der Waals surface area contributed by atoms with Gasteiger partial charge in [-0.15, -0.1) is 0 Å². The van der Waals surface area contributed by atoms with Crippen molar-refractivity contribution in [3.05, 3.63) is 30.5 Å². The molecule has 1 saturated carbocycles. The molecule has 1 atom stereocenters. The second-order valence-electron chi connectivity index (χ2n) is 6.48. The van der Waals surface area contributed by atoms with Crippen molar-refractivity contribution in [2.75, 3.05) is 19.6 Å². The lowest BCUT2D eigenvalue weighted by Gasteiger charge is -2.35. The minimum absolute atomic E-state index is 0.0522. The Hall–Kier alpha value is -2.41. The molecular formula is C17H21N5O2. The van der Waals surface area contributed by atoms with Gasteiger partial charge in [0.25, 0.3) is 0 Å². The molecule has 1 aromatic heterocycles. The van der Waals surface area contributed by atoms with Crippen LogP contribution in [0.3, 0.4) is 0 Å². The molecule has 7 heteroatoms. The maximum absolute atomic E-state index is 12.7. The minimum atomic E-state index is -0.433. The summed E-state index contributed by atoms with van der Waals surface area (Å²) in [6.45, 7) is 1.91. The minimum Gasteiger partial charge on any atom is -0.352 e. The van der Waals surface area contributed by atoms with Crippen LogP contribution in [-0.2, 0) is 16.1 Å². The molecule has 2 aromatic rings. The van der Waals surface area contributed by atoms with Gasteiger partial charge in [0, 0.05) is 37.3 Å². The fourth-order valence-corrected chi connectivity index (χ4v) is 3.09. The summed E-state index contributed by atoms with van der Waals surface area (Å²) in [6.07, 6.45) is 3.95. The van der Waals surface area contributed by atoms with Crippen LogP contribution in [-0.4, -0.2) is 58.2 Å². The van der Waals surface area contributed by atoms with Crippen LogP contribution in [0.15, 0.2) is 30.5 Å². The molecule has 2 aliphatic rings. The highest BCUT2D eigenvalue weighted by Gasteiger charge is 2.34. The number of amides is 2. The van der Waals surface area contributed by atoms with E-state index < -0.39 is 6.04 Å². The van der Waals surface area contributed by atoms with Gasteiger partial charge in [-0.3, -0.25) is 14.3 Å². The Labute approximate surface area is 140 Å². The fraction of sp³-hybridized carbons (Fsp3) is 0.471. The molecule has 2 amide bonds. The molecule has 1 aliphatic heterocycles. The Morgan fingerprint density at radius 1 is 1.29 bits per heavy atom. The molecule has 24 heavy (non-hydrogen) atoms. The first kappa shape index (κ1) is 15.1. The van der Waals surface area contributed by atoms with Crippen LogP contribution in [0.2, 0.25) is 0 Å². The van der Waals surface area contributed by atoms with Crippen molar-refractivity contribution >= 4 is 22.7 Å². The van der Waals surface area contributed by atoms with E-state index in [9.17, 15) is 9.59 Å². The third-order valence-corrected chi connectivity index (χ3v) is 4.55. The van der Waals surface area contributed by atoms with Gasteiger partial charge in [0.15, 0.2) is 0 Å². The Morgan fingerprint density at radius 2 is 2.12 bits per heavy atom. The van der Waals surface area contributed by atoms with Gasteiger partial charge < -0.3 is 15.5 Å². The van der Waals surface area contributed by atoms with Gasteiger partial charge in [0.05, 0.1) is 5.52 Å². The normalized spacial score (nSPS) is 21.0. The quantitative estimate of drug-likeness (QED) is 0.836. The van der Waals surface area contributed by atoms with Crippen LogP contribution in [0.4, 0.5) is 0 Å². The molecular weight excluding hydrogens is 306 g/mol. The number of carbonyl (C=O) groups is 2. The topological polar surface area (TPSA) is 79.3 Å². The van der Waals surface area contributed by atoms with Crippen LogP contribution >= 0.6 is 0 Å². The smallest absolute Gasteiger partial charge is 0.245 e. The second-order valence-corrected chi connectivity index (χ2v) is 6.48. The Morgan fingerprint density at radius 3 is 2.92 bits per heavy atom. The van der Waals surface area contributed by atoms with E-state index >= 15 is 0 Å². The van der Waals surface area contributed by atoms with Gasteiger partial charge in [-0.25, -0.2) is 0 Å². The summed E-state index contributed by atoms with van der Waals surface area (Å²) in [4.78, 5) is 26.8. The van der Waals surface area contributed by atoms with E-state index in [0.29, 0.717) is 25.7 Å². The maximum atomic E-state index is 12.7. The van der Waals surface area contributed by atoms with Gasteiger partial charge in [-0.1, -0.05) is 18.2 Å². The van der Waals surface area contributed by atoms with E-state index in [0.717, 1.165) is 23.7 Å². The molecule has 1 aliphatic carbocycles. The highest BCUT2D eigenvalue weighted by atomic mass is 16.2. The Balaban J connectivity index is 1.47. The van der Waals surface area contributed by atoms with Crippen molar-refractivity contribution in [3.8, 4) is 0 Å². The first-order valence-corrected chi connectivity index (χ1v) is 8.43. The zero-order chi connectivity index (χ0) is 16.5. The summed E-state index contributed by atoms with van der Waals surface area (Å²) < 4.78 is 1.66. The molecule has 0 unspecified atom stereocenters. The first-order valence-electron chi connectivity index (χ1n) is 8.43. The second kappa shape index (κ2) is 6.24. The molecule has 126 valence electrons. The number of rotatable bonds is 4. The number of nitrogens with zero attached hydrogens (tertiary/aromatic N) is 3. The van der Waals surface area contributed by atoms with Crippen molar-refractivity contribution in [1.29, 1.82) is 0 Å². The Kier molecular flexibility index (Phi) is 3.93. The van der Waals surface area contributed by atoms with Crippen molar-refractivity contribution in [2.45, 2.75) is 31.5 Å². The van der Waals surface area contributed by atoms with E-state index in [4.69, 9.17) is 0 Å². The Bertz CT molecular complexity index is 734. The molecule has 2 fully saturated rings. The molecule has 7 nitrogen and oxygen atoms in total. The monoisotopic (exact) mass is 327 g/mol. The SMILES string of the molecule is O=C(NC1CC1)[C@@H]1CNCCN1C(=O)Cn1cc2ccccc2n1. The molecule has 4 rings (SSSR count). The lowest BCUT2D eigenvalue weighted by atomic mass is 10.1. The third-order valence-electron chi connectivity index (χ3n) is 4.55. The average molecular weight is 327 g/mol. The lowest BCUT2D eigenvalue weighted by Crippen LogP contribution is -2.60. The molecule has 0 spiro atoms. The van der Waals surface area contributed by atoms with Crippen molar-refractivity contribution in [1.82, 2.24) is 25.3 Å². The number of nitrogens with one attached hydrogen (secondary N) is 2. The number of benzene rings is 1. The van der Waals surface area contributed by atoms with Gasteiger partial charge in [-0.05, 0) is 18.9 Å². The average Bonchev–Trinajstić information content (AvgIpc) is 3.31. The number of fused-ring (bicyclic) bond motifs is 1. The highest BCUT2D eigenvalue weighted by Crippen LogP contribution is 2.19. The molecule has 0 bridgehead atoms.